The molecule has 3 heterocycles. The maximum Gasteiger partial charge on any atom is 0.223 e. The first-order valence-corrected chi connectivity index (χ1v) is 8.47. The SMILES string of the molecule is COc1cccc2c1nc(N)n1nc(CN3CCN(C)C[C@H]3C)nc21. The van der Waals surface area contributed by atoms with Gasteiger partial charge in [0.15, 0.2) is 11.5 Å². The number of anilines is 1. The number of benzene rings is 1. The summed E-state index contributed by atoms with van der Waals surface area (Å²) in [6, 6.07) is 6.23. The first-order chi connectivity index (χ1) is 12.1. The number of likely N-dealkylation sites (N-methyl/N-ethyl adjacent to an activating group) is 1. The van der Waals surface area contributed by atoms with E-state index >= 15 is 0 Å². The van der Waals surface area contributed by atoms with Crippen LogP contribution < -0.4 is 10.5 Å². The topological polar surface area (TPSA) is 84.8 Å². The van der Waals surface area contributed by atoms with Crippen molar-refractivity contribution in [3.8, 4) is 5.75 Å². The van der Waals surface area contributed by atoms with Crippen LogP contribution in [-0.4, -0.2) is 69.2 Å². The number of methoxy groups -OCH3 is 1. The third-order valence-corrected chi connectivity index (χ3v) is 4.87. The zero-order valence-electron chi connectivity index (χ0n) is 14.8. The van der Waals surface area contributed by atoms with Gasteiger partial charge < -0.3 is 15.4 Å². The van der Waals surface area contributed by atoms with Gasteiger partial charge in [0, 0.05) is 31.1 Å². The molecule has 132 valence electrons. The number of para-hydroxylation sites is 1. The molecule has 0 radical (unpaired) electrons. The first-order valence-electron chi connectivity index (χ1n) is 8.47. The summed E-state index contributed by atoms with van der Waals surface area (Å²) in [5.74, 6) is 1.77. The normalized spacial score (nSPS) is 19.7. The number of nitrogens with two attached hydrogens (primary N) is 1. The number of nitrogen functional groups attached to an aromatic ring is 1. The predicted molar refractivity (Wildman–Crippen MR) is 96.6 cm³/mol. The minimum absolute atomic E-state index is 0.317. The Morgan fingerprint density at radius 3 is 2.88 bits per heavy atom. The van der Waals surface area contributed by atoms with Gasteiger partial charge in [-0.1, -0.05) is 6.07 Å². The molecule has 0 saturated carbocycles. The van der Waals surface area contributed by atoms with E-state index in [2.05, 4.69) is 33.9 Å². The van der Waals surface area contributed by atoms with Gasteiger partial charge in [-0.25, -0.2) is 9.97 Å². The lowest BCUT2D eigenvalue weighted by atomic mass is 10.2. The lowest BCUT2D eigenvalue weighted by molar-refractivity contribution is 0.0915. The lowest BCUT2D eigenvalue weighted by Crippen LogP contribution is -2.49. The number of fused-ring (bicyclic) bond motifs is 3. The van der Waals surface area contributed by atoms with Crippen LogP contribution in [0, 0.1) is 0 Å². The van der Waals surface area contributed by atoms with Gasteiger partial charge in [-0.3, -0.25) is 4.90 Å². The van der Waals surface area contributed by atoms with E-state index in [9.17, 15) is 0 Å². The zero-order valence-corrected chi connectivity index (χ0v) is 14.8. The summed E-state index contributed by atoms with van der Waals surface area (Å²) in [5, 5.41) is 5.48. The highest BCUT2D eigenvalue weighted by atomic mass is 16.5. The van der Waals surface area contributed by atoms with Crippen LogP contribution in [-0.2, 0) is 6.54 Å². The molecule has 1 aliphatic rings. The van der Waals surface area contributed by atoms with Gasteiger partial charge in [0.2, 0.25) is 5.95 Å². The summed E-state index contributed by atoms with van der Waals surface area (Å²) < 4.78 is 7.02. The highest BCUT2D eigenvalue weighted by Crippen LogP contribution is 2.27. The molecule has 1 atom stereocenters. The summed E-state index contributed by atoms with van der Waals surface area (Å²) in [6.07, 6.45) is 0. The van der Waals surface area contributed by atoms with Crippen LogP contribution in [0.25, 0.3) is 16.6 Å². The second-order valence-corrected chi connectivity index (χ2v) is 6.67. The number of rotatable bonds is 3. The van der Waals surface area contributed by atoms with Crippen LogP contribution >= 0.6 is 0 Å². The molecule has 4 rings (SSSR count). The van der Waals surface area contributed by atoms with Gasteiger partial charge in [-0.15, -0.1) is 5.10 Å². The van der Waals surface area contributed by atoms with Crippen molar-refractivity contribution in [3.63, 3.8) is 0 Å². The quantitative estimate of drug-likeness (QED) is 0.761. The van der Waals surface area contributed by atoms with Gasteiger partial charge in [0.25, 0.3) is 0 Å². The second-order valence-electron chi connectivity index (χ2n) is 6.67. The van der Waals surface area contributed by atoms with Crippen molar-refractivity contribution >= 4 is 22.5 Å². The Balaban J connectivity index is 1.75. The molecule has 0 aliphatic carbocycles. The third-order valence-electron chi connectivity index (χ3n) is 4.87. The van der Waals surface area contributed by atoms with Crippen molar-refractivity contribution in [2.45, 2.75) is 19.5 Å². The fourth-order valence-corrected chi connectivity index (χ4v) is 3.49. The summed E-state index contributed by atoms with van der Waals surface area (Å²) >= 11 is 0. The smallest absolute Gasteiger partial charge is 0.223 e. The van der Waals surface area contributed by atoms with Crippen LogP contribution in [0.1, 0.15) is 12.7 Å². The minimum atomic E-state index is 0.317. The molecule has 3 aromatic rings. The molecule has 0 bridgehead atoms. The van der Waals surface area contributed by atoms with Crippen LogP contribution in [0.15, 0.2) is 18.2 Å². The number of hydrogen-bond acceptors (Lipinski definition) is 7. The summed E-state index contributed by atoms with van der Waals surface area (Å²) in [6.45, 7) is 6.07. The average Bonchev–Trinajstić information content (AvgIpc) is 3.02. The molecule has 25 heavy (non-hydrogen) atoms. The third kappa shape index (κ3) is 2.77. The standard InChI is InChI=1S/C17H23N7O/c1-11-9-22(2)7-8-23(11)10-14-19-16-12-5-4-6-13(25-3)15(12)20-17(18)24(16)21-14/h4-6,11H,7-10H2,1-3H3,(H2,18,20)/t11-/m1/s1. The number of piperazine rings is 1. The van der Waals surface area contributed by atoms with E-state index in [4.69, 9.17) is 15.5 Å². The van der Waals surface area contributed by atoms with E-state index in [-0.39, 0.29) is 0 Å². The molecule has 0 amide bonds. The Kier molecular flexibility index (Phi) is 3.93. The Morgan fingerprint density at radius 1 is 1.28 bits per heavy atom. The summed E-state index contributed by atoms with van der Waals surface area (Å²) in [5.41, 5.74) is 7.54. The molecule has 8 heteroatoms. The summed E-state index contributed by atoms with van der Waals surface area (Å²) in [7, 11) is 3.78. The van der Waals surface area contributed by atoms with E-state index in [1.54, 1.807) is 11.6 Å². The predicted octanol–water partition coefficient (Wildman–Crippen LogP) is 1.00. The van der Waals surface area contributed by atoms with Gasteiger partial charge in [0.05, 0.1) is 13.7 Å². The van der Waals surface area contributed by atoms with E-state index in [0.29, 0.717) is 29.8 Å². The Bertz CT molecular complexity index is 922. The zero-order chi connectivity index (χ0) is 17.6. The first kappa shape index (κ1) is 16.0. The Labute approximate surface area is 146 Å². The second kappa shape index (κ2) is 6.12. The van der Waals surface area contributed by atoms with Gasteiger partial charge in [0.1, 0.15) is 11.3 Å². The minimum Gasteiger partial charge on any atom is -0.494 e. The largest absolute Gasteiger partial charge is 0.494 e. The Morgan fingerprint density at radius 2 is 2.12 bits per heavy atom. The summed E-state index contributed by atoms with van der Waals surface area (Å²) in [4.78, 5) is 13.9. The molecule has 8 nitrogen and oxygen atoms in total. The Hall–Kier alpha value is -2.45. The van der Waals surface area contributed by atoms with Crippen molar-refractivity contribution in [1.29, 1.82) is 0 Å². The van der Waals surface area contributed by atoms with E-state index in [1.165, 1.54) is 0 Å². The molecule has 1 aliphatic heterocycles. The van der Waals surface area contributed by atoms with Crippen molar-refractivity contribution in [2.24, 2.45) is 0 Å². The highest BCUT2D eigenvalue weighted by molar-refractivity contribution is 5.95. The molecule has 0 spiro atoms. The van der Waals surface area contributed by atoms with Crippen LogP contribution in [0.5, 0.6) is 5.75 Å². The van der Waals surface area contributed by atoms with E-state index in [0.717, 1.165) is 36.5 Å². The van der Waals surface area contributed by atoms with Crippen molar-refractivity contribution < 1.29 is 4.74 Å². The fourth-order valence-electron chi connectivity index (χ4n) is 3.49. The van der Waals surface area contributed by atoms with Gasteiger partial charge in [-0.05, 0) is 26.1 Å². The van der Waals surface area contributed by atoms with Crippen LogP contribution in [0.2, 0.25) is 0 Å². The van der Waals surface area contributed by atoms with Gasteiger partial charge in [-0.2, -0.15) is 4.52 Å². The van der Waals surface area contributed by atoms with Crippen molar-refractivity contribution in [3.05, 3.63) is 24.0 Å². The van der Waals surface area contributed by atoms with Crippen molar-refractivity contribution in [2.75, 3.05) is 39.5 Å². The van der Waals surface area contributed by atoms with Gasteiger partial charge >= 0.3 is 0 Å². The average molecular weight is 341 g/mol. The maximum absolute atomic E-state index is 6.11. The van der Waals surface area contributed by atoms with Crippen LogP contribution in [0.4, 0.5) is 5.95 Å². The highest BCUT2D eigenvalue weighted by Gasteiger charge is 2.23. The van der Waals surface area contributed by atoms with Crippen molar-refractivity contribution in [1.82, 2.24) is 29.4 Å². The molecule has 2 N–H and O–H groups in total. The molecule has 1 aromatic carbocycles. The molecule has 0 unspecified atom stereocenters. The molecular formula is C17H23N7O. The fraction of sp³-hybridized carbons (Fsp3) is 0.471. The lowest BCUT2D eigenvalue weighted by Gasteiger charge is -2.37. The number of nitrogens with zero attached hydrogens (tertiary/aromatic N) is 6. The monoisotopic (exact) mass is 341 g/mol. The van der Waals surface area contributed by atoms with Crippen LogP contribution in [0.3, 0.4) is 0 Å². The molecule has 2 aromatic heterocycles. The number of aromatic nitrogens is 4. The van der Waals surface area contributed by atoms with E-state index < -0.39 is 0 Å². The maximum atomic E-state index is 6.11. The number of hydrogen-bond donors (Lipinski definition) is 1. The molecular weight excluding hydrogens is 318 g/mol. The molecule has 1 saturated heterocycles. The molecule has 1 fully saturated rings. The van der Waals surface area contributed by atoms with E-state index in [1.807, 2.05) is 18.2 Å². The number of ether oxygens (including phenoxy) is 1.